The van der Waals surface area contributed by atoms with E-state index in [4.69, 9.17) is 23.7 Å². The fourth-order valence-corrected chi connectivity index (χ4v) is 5.32. The summed E-state index contributed by atoms with van der Waals surface area (Å²) in [5, 5.41) is 11.1. The van der Waals surface area contributed by atoms with Crippen molar-refractivity contribution in [2.24, 2.45) is 0 Å². The maximum atomic E-state index is 12.6. The van der Waals surface area contributed by atoms with E-state index in [2.05, 4.69) is 6.92 Å². The van der Waals surface area contributed by atoms with Crippen LogP contribution in [-0.4, -0.2) is 73.5 Å². The summed E-state index contributed by atoms with van der Waals surface area (Å²) in [6, 6.07) is 0. The zero-order valence-electron chi connectivity index (χ0n) is 21.4. The Bertz CT molecular complexity index is 746. The summed E-state index contributed by atoms with van der Waals surface area (Å²) < 4.78 is 29.3. The fraction of sp³-hybridized carbons (Fsp3) is 0.778. The summed E-state index contributed by atoms with van der Waals surface area (Å²) in [5.41, 5.74) is -0.814. The summed E-state index contributed by atoms with van der Waals surface area (Å²) in [6.45, 7) is 2.58. The first-order valence-corrected chi connectivity index (χ1v) is 13.1. The maximum Gasteiger partial charge on any atom is 0.308 e. The molecule has 8 heteroatoms. The number of carbonyl (C=O) groups is 2. The number of ether oxygens (including phenoxy) is 5. The smallest absolute Gasteiger partial charge is 0.308 e. The Labute approximate surface area is 209 Å². The van der Waals surface area contributed by atoms with Gasteiger partial charge in [-0.3, -0.25) is 9.59 Å². The van der Waals surface area contributed by atoms with Gasteiger partial charge < -0.3 is 28.8 Å². The molecular weight excluding hydrogens is 452 g/mol. The van der Waals surface area contributed by atoms with Gasteiger partial charge in [0.1, 0.15) is 30.0 Å². The molecule has 1 aliphatic carbocycles. The zero-order chi connectivity index (χ0) is 25.3. The molecule has 2 unspecified atom stereocenters. The molecule has 0 saturated carbocycles. The Morgan fingerprint density at radius 1 is 1.03 bits per heavy atom. The van der Waals surface area contributed by atoms with Crippen LogP contribution in [0, 0.1) is 0 Å². The highest BCUT2D eigenvalue weighted by molar-refractivity contribution is 6.00. The van der Waals surface area contributed by atoms with E-state index in [1.54, 1.807) is 12.2 Å². The van der Waals surface area contributed by atoms with Crippen LogP contribution in [0.4, 0.5) is 0 Å². The van der Waals surface area contributed by atoms with E-state index in [9.17, 15) is 14.7 Å². The number of carbonyl (C=O) groups excluding carboxylic acids is 2. The van der Waals surface area contributed by atoms with Crippen LogP contribution in [-0.2, 0) is 33.3 Å². The zero-order valence-corrected chi connectivity index (χ0v) is 21.4. The minimum Gasteiger partial charge on any atom is -0.466 e. The molecule has 0 aromatic rings. The predicted molar refractivity (Wildman–Crippen MR) is 130 cm³/mol. The second-order valence-corrected chi connectivity index (χ2v) is 9.84. The van der Waals surface area contributed by atoms with Crippen molar-refractivity contribution in [3.05, 3.63) is 24.3 Å². The number of allylic oxidation sites excluding steroid dienone is 2. The highest BCUT2D eigenvalue weighted by Crippen LogP contribution is 2.48. The van der Waals surface area contributed by atoms with Crippen LogP contribution in [0.3, 0.4) is 0 Å². The number of rotatable bonds is 13. The van der Waals surface area contributed by atoms with Gasteiger partial charge in [-0.2, -0.15) is 0 Å². The summed E-state index contributed by atoms with van der Waals surface area (Å²) in [6.07, 6.45) is 13.2. The van der Waals surface area contributed by atoms with Gasteiger partial charge in [-0.25, -0.2) is 0 Å². The molecule has 198 valence electrons. The second kappa shape index (κ2) is 13.1. The van der Waals surface area contributed by atoms with Crippen molar-refractivity contribution >= 4 is 11.8 Å². The Balaban J connectivity index is 1.54. The lowest BCUT2D eigenvalue weighted by molar-refractivity contribution is -0.362. The fourth-order valence-electron chi connectivity index (χ4n) is 5.32. The van der Waals surface area contributed by atoms with Crippen molar-refractivity contribution in [1.29, 1.82) is 0 Å². The molecular formula is C27H42O8. The van der Waals surface area contributed by atoms with E-state index in [1.807, 2.05) is 0 Å². The van der Waals surface area contributed by atoms with Crippen molar-refractivity contribution in [3.8, 4) is 0 Å². The largest absolute Gasteiger partial charge is 0.466 e. The average Bonchev–Trinajstić information content (AvgIpc) is 3.18. The minimum absolute atomic E-state index is 0.0642. The number of esters is 1. The van der Waals surface area contributed by atoms with E-state index in [0.29, 0.717) is 19.4 Å². The van der Waals surface area contributed by atoms with E-state index >= 15 is 0 Å². The Morgan fingerprint density at radius 3 is 2.31 bits per heavy atom. The lowest BCUT2D eigenvalue weighted by atomic mass is 9.88. The summed E-state index contributed by atoms with van der Waals surface area (Å²) in [5.74, 6) is -1.78. The number of methoxy groups -OCH3 is 2. The number of aliphatic hydroxyl groups is 1. The summed E-state index contributed by atoms with van der Waals surface area (Å²) in [7, 11) is 2.95. The SMILES string of the molecule is CCCCCCCCCCOC(=O)C[C@H]1O[C@@]2(CCC3(C=CC(=O)C=C3)O2)C(OC)[C@@H](O)C1OC. The van der Waals surface area contributed by atoms with Gasteiger partial charge in [0.15, 0.2) is 11.6 Å². The molecule has 2 heterocycles. The average molecular weight is 495 g/mol. The van der Waals surface area contributed by atoms with Gasteiger partial charge in [-0.1, -0.05) is 51.9 Å². The Morgan fingerprint density at radius 2 is 1.69 bits per heavy atom. The van der Waals surface area contributed by atoms with Crippen LogP contribution in [0.2, 0.25) is 0 Å². The molecule has 0 aromatic carbocycles. The van der Waals surface area contributed by atoms with E-state index in [1.165, 1.54) is 58.5 Å². The third-order valence-electron chi connectivity index (χ3n) is 7.24. The molecule has 0 radical (unpaired) electrons. The van der Waals surface area contributed by atoms with Crippen molar-refractivity contribution in [2.45, 2.75) is 113 Å². The minimum atomic E-state index is -1.28. The lowest BCUT2D eigenvalue weighted by Crippen LogP contribution is -2.66. The number of aliphatic hydroxyl groups excluding tert-OH is 1. The molecule has 2 spiro atoms. The molecule has 5 atom stereocenters. The number of ketones is 1. The topological polar surface area (TPSA) is 101 Å². The first kappa shape index (κ1) is 28.0. The molecule has 3 aliphatic rings. The normalized spacial score (nSPS) is 31.5. The molecule has 35 heavy (non-hydrogen) atoms. The van der Waals surface area contributed by atoms with Gasteiger partial charge >= 0.3 is 5.97 Å². The van der Waals surface area contributed by atoms with E-state index in [-0.39, 0.29) is 12.2 Å². The van der Waals surface area contributed by atoms with Crippen LogP contribution < -0.4 is 0 Å². The lowest BCUT2D eigenvalue weighted by Gasteiger charge is -2.49. The standard InChI is InChI=1S/C27H42O8/c1-4-5-6-7-8-9-10-11-18-33-22(29)19-21-24(31-2)23(30)25(32-3)27(34-21)17-16-26(35-27)14-12-20(28)13-15-26/h12-15,21,23-25,30H,4-11,16-19H2,1-3H3/t21-,23+,24?,25?,27-/m1/s1. The third kappa shape index (κ3) is 7.01. The molecule has 0 bridgehead atoms. The molecule has 2 fully saturated rings. The molecule has 0 aromatic heterocycles. The Kier molecular flexibility index (Phi) is 10.5. The van der Waals surface area contributed by atoms with Gasteiger partial charge in [0.05, 0.1) is 13.0 Å². The quantitative estimate of drug-likeness (QED) is 0.305. The van der Waals surface area contributed by atoms with Gasteiger partial charge in [0, 0.05) is 20.6 Å². The monoisotopic (exact) mass is 494 g/mol. The molecule has 2 aliphatic heterocycles. The summed E-state index contributed by atoms with van der Waals surface area (Å²) in [4.78, 5) is 24.2. The van der Waals surface area contributed by atoms with Gasteiger partial charge in [-0.15, -0.1) is 0 Å². The van der Waals surface area contributed by atoms with Crippen LogP contribution >= 0.6 is 0 Å². The number of hydrogen-bond donors (Lipinski definition) is 1. The number of hydrogen-bond acceptors (Lipinski definition) is 8. The highest BCUT2D eigenvalue weighted by Gasteiger charge is 2.62. The summed E-state index contributed by atoms with van der Waals surface area (Å²) >= 11 is 0. The number of unbranched alkanes of at least 4 members (excludes halogenated alkanes) is 7. The van der Waals surface area contributed by atoms with Gasteiger partial charge in [-0.05, 0) is 37.1 Å². The third-order valence-corrected chi connectivity index (χ3v) is 7.24. The van der Waals surface area contributed by atoms with Gasteiger partial charge in [0.2, 0.25) is 0 Å². The van der Waals surface area contributed by atoms with E-state index < -0.39 is 41.8 Å². The van der Waals surface area contributed by atoms with Crippen LogP contribution in [0.1, 0.15) is 77.6 Å². The molecule has 0 amide bonds. The highest BCUT2D eigenvalue weighted by atomic mass is 16.7. The van der Waals surface area contributed by atoms with E-state index in [0.717, 1.165) is 19.3 Å². The molecule has 2 saturated heterocycles. The second-order valence-electron chi connectivity index (χ2n) is 9.84. The maximum absolute atomic E-state index is 12.6. The first-order valence-electron chi connectivity index (χ1n) is 13.1. The van der Waals surface area contributed by atoms with Crippen LogP contribution in [0.25, 0.3) is 0 Å². The molecule has 8 nitrogen and oxygen atoms in total. The first-order chi connectivity index (χ1) is 16.9. The van der Waals surface area contributed by atoms with Crippen molar-refractivity contribution < 1.29 is 38.4 Å². The molecule has 1 N–H and O–H groups in total. The van der Waals surface area contributed by atoms with Crippen molar-refractivity contribution in [2.75, 3.05) is 20.8 Å². The van der Waals surface area contributed by atoms with Crippen molar-refractivity contribution in [3.63, 3.8) is 0 Å². The van der Waals surface area contributed by atoms with Crippen molar-refractivity contribution in [1.82, 2.24) is 0 Å². The Hall–Kier alpha value is -1.58. The predicted octanol–water partition coefficient (Wildman–Crippen LogP) is 3.79. The van der Waals surface area contributed by atoms with Gasteiger partial charge in [0.25, 0.3) is 0 Å². The van der Waals surface area contributed by atoms with Crippen LogP contribution in [0.5, 0.6) is 0 Å². The molecule has 3 rings (SSSR count). The van der Waals surface area contributed by atoms with Crippen LogP contribution in [0.15, 0.2) is 24.3 Å².